The van der Waals surface area contributed by atoms with Gasteiger partial charge in [-0.3, -0.25) is 4.79 Å². The van der Waals surface area contributed by atoms with E-state index in [0.29, 0.717) is 50.7 Å². The smallest absolute Gasteiger partial charge is 0.254 e. The van der Waals surface area contributed by atoms with E-state index in [9.17, 15) is 4.79 Å². The zero-order valence-corrected chi connectivity index (χ0v) is 20.3. The highest BCUT2D eigenvalue weighted by Crippen LogP contribution is 2.29. The predicted octanol–water partition coefficient (Wildman–Crippen LogP) is 3.39. The van der Waals surface area contributed by atoms with Crippen molar-refractivity contribution in [1.82, 2.24) is 20.0 Å². The molecule has 0 N–H and O–H groups in total. The minimum Gasteiger partial charge on any atom is -0.378 e. The fraction of sp³-hybridized carbons (Fsp3) is 0.333. The molecule has 4 aromatic rings. The molecule has 4 heterocycles. The molecule has 2 aromatic carbocycles. The van der Waals surface area contributed by atoms with E-state index in [1.807, 2.05) is 66.4 Å². The number of amides is 1. The van der Waals surface area contributed by atoms with Crippen LogP contribution in [0.25, 0.3) is 22.2 Å². The number of morpholine rings is 1. The Morgan fingerprint density at radius 1 is 0.861 bits per heavy atom. The molecular formula is C27H28N6O3. The van der Waals surface area contributed by atoms with E-state index in [2.05, 4.69) is 19.9 Å². The van der Waals surface area contributed by atoms with Crippen molar-refractivity contribution in [2.45, 2.75) is 6.92 Å². The monoisotopic (exact) mass is 484 g/mol. The van der Waals surface area contributed by atoms with Gasteiger partial charge in [0.15, 0.2) is 5.76 Å². The first-order chi connectivity index (χ1) is 17.7. The molecular weight excluding hydrogens is 456 g/mol. The van der Waals surface area contributed by atoms with Crippen LogP contribution >= 0.6 is 0 Å². The van der Waals surface area contributed by atoms with Crippen molar-refractivity contribution in [3.05, 3.63) is 65.9 Å². The third-order valence-corrected chi connectivity index (χ3v) is 6.77. The number of nitrogens with zero attached hydrogens (tertiary/aromatic N) is 6. The zero-order chi connectivity index (χ0) is 24.5. The van der Waals surface area contributed by atoms with Gasteiger partial charge >= 0.3 is 0 Å². The lowest BCUT2D eigenvalue weighted by atomic mass is 10.1. The standard InChI is InChI=1S/C27H28N6O3/c1-19-17-24(31-13-15-35-16-14-31)29-27(28-19)33-11-9-32(10-12-33)26(34)21-7-8-23-22(18-21)25(36-30-23)20-5-3-2-4-6-20/h2-8,17-18H,9-16H2,1H3. The molecule has 184 valence electrons. The van der Waals surface area contributed by atoms with Crippen LogP contribution in [0.1, 0.15) is 16.1 Å². The highest BCUT2D eigenvalue weighted by Gasteiger charge is 2.25. The topological polar surface area (TPSA) is 87.8 Å². The van der Waals surface area contributed by atoms with Gasteiger partial charge in [0.2, 0.25) is 5.95 Å². The number of piperazine rings is 1. The summed E-state index contributed by atoms with van der Waals surface area (Å²) in [6.45, 7) is 7.68. The van der Waals surface area contributed by atoms with Crippen molar-refractivity contribution in [3.63, 3.8) is 0 Å². The zero-order valence-electron chi connectivity index (χ0n) is 20.3. The largest absolute Gasteiger partial charge is 0.378 e. The molecule has 0 radical (unpaired) electrons. The molecule has 2 aromatic heterocycles. The number of carbonyl (C=O) groups excluding carboxylic acids is 1. The van der Waals surface area contributed by atoms with Crippen LogP contribution in [0, 0.1) is 6.92 Å². The van der Waals surface area contributed by atoms with Crippen LogP contribution < -0.4 is 9.80 Å². The van der Waals surface area contributed by atoms with E-state index < -0.39 is 0 Å². The molecule has 0 aliphatic carbocycles. The maximum absolute atomic E-state index is 13.4. The number of hydrogen-bond donors (Lipinski definition) is 0. The molecule has 9 nitrogen and oxygen atoms in total. The Hall–Kier alpha value is -3.98. The lowest BCUT2D eigenvalue weighted by Crippen LogP contribution is -2.49. The van der Waals surface area contributed by atoms with E-state index in [1.165, 1.54) is 0 Å². The fourth-order valence-electron chi connectivity index (χ4n) is 4.80. The summed E-state index contributed by atoms with van der Waals surface area (Å²) in [5.41, 5.74) is 3.25. The van der Waals surface area contributed by atoms with Gasteiger partial charge in [0.25, 0.3) is 5.91 Å². The first-order valence-electron chi connectivity index (χ1n) is 12.3. The van der Waals surface area contributed by atoms with Gasteiger partial charge in [-0.1, -0.05) is 35.5 Å². The molecule has 6 rings (SSSR count). The molecule has 0 atom stereocenters. The minimum atomic E-state index is 0.0101. The van der Waals surface area contributed by atoms with E-state index >= 15 is 0 Å². The molecule has 9 heteroatoms. The minimum absolute atomic E-state index is 0.0101. The summed E-state index contributed by atoms with van der Waals surface area (Å²) >= 11 is 0. The number of fused-ring (bicyclic) bond motifs is 1. The Kier molecular flexibility index (Phi) is 5.98. The Bertz CT molecular complexity index is 1380. The van der Waals surface area contributed by atoms with Gasteiger partial charge < -0.3 is 24.0 Å². The van der Waals surface area contributed by atoms with Gasteiger partial charge in [0.05, 0.1) is 18.6 Å². The number of anilines is 2. The Morgan fingerprint density at radius 2 is 1.64 bits per heavy atom. The van der Waals surface area contributed by atoms with Crippen LogP contribution in [0.15, 0.2) is 59.1 Å². The molecule has 1 amide bonds. The van der Waals surface area contributed by atoms with Crippen LogP contribution in [0.5, 0.6) is 0 Å². The number of hydrogen-bond acceptors (Lipinski definition) is 8. The second kappa shape index (κ2) is 9.58. The van der Waals surface area contributed by atoms with Crippen molar-refractivity contribution in [2.75, 3.05) is 62.3 Å². The molecule has 0 bridgehead atoms. The summed E-state index contributed by atoms with van der Waals surface area (Å²) in [7, 11) is 0. The van der Waals surface area contributed by atoms with Crippen molar-refractivity contribution in [1.29, 1.82) is 0 Å². The van der Waals surface area contributed by atoms with Gasteiger partial charge in [0.1, 0.15) is 11.3 Å². The van der Waals surface area contributed by atoms with Crippen LogP contribution in [-0.2, 0) is 4.74 Å². The molecule has 2 aliphatic heterocycles. The van der Waals surface area contributed by atoms with E-state index in [4.69, 9.17) is 14.2 Å². The van der Waals surface area contributed by atoms with E-state index in [-0.39, 0.29) is 5.91 Å². The van der Waals surface area contributed by atoms with Crippen molar-refractivity contribution >= 4 is 28.6 Å². The summed E-state index contributed by atoms with van der Waals surface area (Å²) in [4.78, 5) is 29.2. The maximum Gasteiger partial charge on any atom is 0.254 e. The highest BCUT2D eigenvalue weighted by molar-refractivity contribution is 6.01. The first-order valence-corrected chi connectivity index (χ1v) is 12.3. The van der Waals surface area contributed by atoms with Crippen LogP contribution in [-0.4, -0.2) is 78.4 Å². The van der Waals surface area contributed by atoms with Gasteiger partial charge in [0, 0.05) is 62.2 Å². The number of aromatic nitrogens is 3. The SMILES string of the molecule is Cc1cc(N2CCOCC2)nc(N2CCN(C(=O)c3ccc4noc(-c5ccccc5)c4c3)CC2)n1. The van der Waals surface area contributed by atoms with E-state index in [0.717, 1.165) is 47.0 Å². The van der Waals surface area contributed by atoms with Gasteiger partial charge in [-0.25, -0.2) is 4.98 Å². The fourth-order valence-corrected chi connectivity index (χ4v) is 4.80. The summed E-state index contributed by atoms with van der Waals surface area (Å²) in [6.07, 6.45) is 0. The maximum atomic E-state index is 13.4. The summed E-state index contributed by atoms with van der Waals surface area (Å²) in [5, 5.41) is 5.01. The molecule has 2 aliphatic rings. The summed E-state index contributed by atoms with van der Waals surface area (Å²) in [6, 6.07) is 17.4. The number of ether oxygens (including phenoxy) is 1. The number of carbonyl (C=O) groups is 1. The highest BCUT2D eigenvalue weighted by atomic mass is 16.5. The normalized spacial score (nSPS) is 16.5. The Balaban J connectivity index is 1.17. The van der Waals surface area contributed by atoms with E-state index in [1.54, 1.807) is 0 Å². The second-order valence-corrected chi connectivity index (χ2v) is 9.16. The number of aryl methyl sites for hydroxylation is 1. The van der Waals surface area contributed by atoms with Gasteiger partial charge in [-0.2, -0.15) is 4.98 Å². The molecule has 0 unspecified atom stereocenters. The van der Waals surface area contributed by atoms with Crippen LogP contribution in [0.3, 0.4) is 0 Å². The van der Waals surface area contributed by atoms with Crippen molar-refractivity contribution < 1.29 is 14.1 Å². The number of rotatable bonds is 4. The lowest BCUT2D eigenvalue weighted by Gasteiger charge is -2.35. The second-order valence-electron chi connectivity index (χ2n) is 9.16. The van der Waals surface area contributed by atoms with Gasteiger partial charge in [-0.05, 0) is 25.1 Å². The van der Waals surface area contributed by atoms with Crippen molar-refractivity contribution in [3.8, 4) is 11.3 Å². The number of benzene rings is 2. The average Bonchev–Trinajstić information content (AvgIpc) is 3.37. The first kappa shape index (κ1) is 22.5. The van der Waals surface area contributed by atoms with Gasteiger partial charge in [-0.15, -0.1) is 0 Å². The summed E-state index contributed by atoms with van der Waals surface area (Å²) < 4.78 is 11.1. The third-order valence-electron chi connectivity index (χ3n) is 6.77. The lowest BCUT2D eigenvalue weighted by molar-refractivity contribution is 0.0746. The Labute approximate surface area is 209 Å². The van der Waals surface area contributed by atoms with Crippen LogP contribution in [0.4, 0.5) is 11.8 Å². The van der Waals surface area contributed by atoms with Crippen LogP contribution in [0.2, 0.25) is 0 Å². The summed E-state index contributed by atoms with van der Waals surface area (Å²) in [5.74, 6) is 2.35. The van der Waals surface area contributed by atoms with Crippen molar-refractivity contribution in [2.24, 2.45) is 0 Å². The molecule has 0 spiro atoms. The molecule has 2 fully saturated rings. The molecule has 0 saturated carbocycles. The third kappa shape index (κ3) is 4.37. The molecule has 36 heavy (non-hydrogen) atoms. The molecule has 2 saturated heterocycles. The average molecular weight is 485 g/mol. The predicted molar refractivity (Wildman–Crippen MR) is 137 cm³/mol. The Morgan fingerprint density at radius 3 is 2.42 bits per heavy atom. The quantitative estimate of drug-likeness (QED) is 0.436.